The topological polar surface area (TPSA) is 36.3 Å². The first-order chi connectivity index (χ1) is 7.27. The molecule has 2 fully saturated rings. The van der Waals surface area contributed by atoms with E-state index in [-0.39, 0.29) is 5.54 Å². The van der Waals surface area contributed by atoms with E-state index in [0.29, 0.717) is 0 Å². The highest BCUT2D eigenvalue weighted by atomic mass is 16.5. The van der Waals surface area contributed by atoms with E-state index in [2.05, 4.69) is 17.9 Å². The monoisotopic (exact) mass is 208 g/mol. The van der Waals surface area contributed by atoms with Gasteiger partial charge >= 0.3 is 0 Å². The van der Waals surface area contributed by atoms with Crippen molar-refractivity contribution in [2.24, 2.45) is 5.92 Å². The third-order valence-electron chi connectivity index (χ3n) is 3.79. The Morgan fingerprint density at radius 2 is 2.13 bits per heavy atom. The molecule has 0 aromatic heterocycles. The summed E-state index contributed by atoms with van der Waals surface area (Å²) < 4.78 is 5.37. The van der Waals surface area contributed by atoms with Gasteiger partial charge in [-0.1, -0.05) is 6.92 Å². The van der Waals surface area contributed by atoms with Crippen molar-refractivity contribution in [3.8, 4) is 6.07 Å². The van der Waals surface area contributed by atoms with Gasteiger partial charge in [-0.05, 0) is 25.3 Å². The van der Waals surface area contributed by atoms with Gasteiger partial charge in [0.2, 0.25) is 0 Å². The Hall–Kier alpha value is -0.590. The first-order valence-corrected chi connectivity index (χ1v) is 6.01. The maximum absolute atomic E-state index is 9.43. The number of piperidine rings is 1. The molecule has 0 N–H and O–H groups in total. The first kappa shape index (κ1) is 10.9. The molecule has 3 heteroatoms. The average Bonchev–Trinajstić information content (AvgIpc) is 2.30. The first-order valence-electron chi connectivity index (χ1n) is 6.01. The molecular formula is C12H20N2O. The second-order valence-electron chi connectivity index (χ2n) is 4.95. The molecule has 3 nitrogen and oxygen atoms in total. The number of likely N-dealkylation sites (tertiary alicyclic amines) is 1. The van der Waals surface area contributed by atoms with Crippen molar-refractivity contribution in [3.05, 3.63) is 0 Å². The fourth-order valence-electron chi connectivity index (χ4n) is 2.79. The van der Waals surface area contributed by atoms with E-state index in [1.165, 1.54) is 12.8 Å². The van der Waals surface area contributed by atoms with E-state index in [1.54, 1.807) is 0 Å². The van der Waals surface area contributed by atoms with Gasteiger partial charge in [0.05, 0.1) is 6.07 Å². The molecular weight excluding hydrogens is 188 g/mol. The zero-order chi connectivity index (χ0) is 10.7. The van der Waals surface area contributed by atoms with Crippen LogP contribution in [0.1, 0.15) is 32.6 Å². The number of hydrogen-bond donors (Lipinski definition) is 0. The molecule has 0 bridgehead atoms. The Morgan fingerprint density at radius 3 is 2.73 bits per heavy atom. The molecule has 2 aliphatic heterocycles. The minimum absolute atomic E-state index is 0.215. The van der Waals surface area contributed by atoms with Gasteiger partial charge in [0.15, 0.2) is 0 Å². The van der Waals surface area contributed by atoms with Crippen LogP contribution in [0.5, 0.6) is 0 Å². The lowest BCUT2D eigenvalue weighted by molar-refractivity contribution is -0.0147. The number of nitrogens with zero attached hydrogens (tertiary/aromatic N) is 2. The number of hydrogen-bond acceptors (Lipinski definition) is 3. The van der Waals surface area contributed by atoms with Crippen molar-refractivity contribution >= 4 is 0 Å². The van der Waals surface area contributed by atoms with Crippen molar-refractivity contribution in [1.82, 2.24) is 4.90 Å². The van der Waals surface area contributed by atoms with E-state index in [9.17, 15) is 5.26 Å². The second kappa shape index (κ2) is 4.51. The summed E-state index contributed by atoms with van der Waals surface area (Å²) >= 11 is 0. The Bertz CT molecular complexity index is 253. The maximum Gasteiger partial charge on any atom is 0.113 e. The third kappa shape index (κ3) is 2.16. The Labute approximate surface area is 92.0 Å². The molecule has 1 unspecified atom stereocenters. The molecule has 0 aromatic rings. The largest absolute Gasteiger partial charge is 0.381 e. The smallest absolute Gasteiger partial charge is 0.113 e. The van der Waals surface area contributed by atoms with Crippen LogP contribution in [0.3, 0.4) is 0 Å². The predicted molar refractivity (Wildman–Crippen MR) is 58.4 cm³/mol. The van der Waals surface area contributed by atoms with E-state index in [1.807, 2.05) is 0 Å². The van der Waals surface area contributed by atoms with Gasteiger partial charge in [0.1, 0.15) is 5.54 Å². The molecule has 84 valence electrons. The summed E-state index contributed by atoms with van der Waals surface area (Å²) in [6, 6.07) is 2.55. The molecule has 2 heterocycles. The quantitative estimate of drug-likeness (QED) is 0.659. The van der Waals surface area contributed by atoms with Crippen molar-refractivity contribution in [2.45, 2.75) is 38.1 Å². The molecule has 1 atom stereocenters. The van der Waals surface area contributed by atoms with Crippen LogP contribution in [0, 0.1) is 17.2 Å². The molecule has 0 aromatic carbocycles. The SMILES string of the molecule is CC1CCCN(C2(C#N)CCOCC2)C1. The molecule has 0 aliphatic carbocycles. The van der Waals surface area contributed by atoms with Gasteiger partial charge in [-0.3, -0.25) is 4.90 Å². The molecule has 0 saturated carbocycles. The van der Waals surface area contributed by atoms with Gasteiger partial charge in [0, 0.05) is 32.6 Å². The highest BCUT2D eigenvalue weighted by molar-refractivity contribution is 5.10. The van der Waals surface area contributed by atoms with E-state index < -0.39 is 0 Å². The van der Waals surface area contributed by atoms with Gasteiger partial charge in [-0.15, -0.1) is 0 Å². The van der Waals surface area contributed by atoms with Crippen LogP contribution in [0.15, 0.2) is 0 Å². The van der Waals surface area contributed by atoms with Crippen molar-refractivity contribution in [2.75, 3.05) is 26.3 Å². The van der Waals surface area contributed by atoms with Crippen LogP contribution in [-0.2, 0) is 4.74 Å². The standard InChI is InChI=1S/C12H20N2O/c1-11-3-2-6-14(9-11)12(10-13)4-7-15-8-5-12/h11H,2-9H2,1H3. The van der Waals surface area contributed by atoms with Gasteiger partial charge in [-0.25, -0.2) is 0 Å². The van der Waals surface area contributed by atoms with Gasteiger partial charge in [-0.2, -0.15) is 5.26 Å². The normalized spacial score (nSPS) is 32.1. The minimum atomic E-state index is -0.215. The Balaban J connectivity index is 2.07. The lowest BCUT2D eigenvalue weighted by Crippen LogP contribution is -2.54. The molecule has 2 rings (SSSR count). The predicted octanol–water partition coefficient (Wildman–Crippen LogP) is 1.79. The maximum atomic E-state index is 9.43. The lowest BCUT2D eigenvalue weighted by Gasteiger charge is -2.44. The molecule has 15 heavy (non-hydrogen) atoms. The zero-order valence-corrected chi connectivity index (χ0v) is 9.54. The highest BCUT2D eigenvalue weighted by Crippen LogP contribution is 2.31. The Morgan fingerprint density at radius 1 is 1.40 bits per heavy atom. The van der Waals surface area contributed by atoms with Crippen LogP contribution in [-0.4, -0.2) is 36.7 Å². The fourth-order valence-corrected chi connectivity index (χ4v) is 2.79. The second-order valence-corrected chi connectivity index (χ2v) is 4.95. The molecule has 0 radical (unpaired) electrons. The van der Waals surface area contributed by atoms with Gasteiger partial charge in [0.25, 0.3) is 0 Å². The average molecular weight is 208 g/mol. The summed E-state index contributed by atoms with van der Waals surface area (Å²) in [4.78, 5) is 2.41. The van der Waals surface area contributed by atoms with Crippen LogP contribution in [0.4, 0.5) is 0 Å². The summed E-state index contributed by atoms with van der Waals surface area (Å²) in [5.74, 6) is 0.742. The summed E-state index contributed by atoms with van der Waals surface area (Å²) in [5, 5.41) is 9.43. The molecule has 2 saturated heterocycles. The summed E-state index contributed by atoms with van der Waals surface area (Å²) in [6.45, 7) is 5.97. The number of ether oxygens (including phenoxy) is 1. The third-order valence-corrected chi connectivity index (χ3v) is 3.79. The van der Waals surface area contributed by atoms with Crippen LogP contribution in [0.25, 0.3) is 0 Å². The number of nitriles is 1. The minimum Gasteiger partial charge on any atom is -0.381 e. The summed E-state index contributed by atoms with van der Waals surface area (Å²) in [7, 11) is 0. The van der Waals surface area contributed by atoms with Gasteiger partial charge < -0.3 is 4.74 Å². The number of rotatable bonds is 1. The summed E-state index contributed by atoms with van der Waals surface area (Å²) in [5.41, 5.74) is -0.215. The molecule has 0 spiro atoms. The summed E-state index contributed by atoms with van der Waals surface area (Å²) in [6.07, 6.45) is 4.33. The Kier molecular flexibility index (Phi) is 3.28. The molecule has 2 aliphatic rings. The fraction of sp³-hybridized carbons (Fsp3) is 0.917. The van der Waals surface area contributed by atoms with Crippen molar-refractivity contribution < 1.29 is 4.74 Å². The van der Waals surface area contributed by atoms with Crippen molar-refractivity contribution in [3.63, 3.8) is 0 Å². The van der Waals surface area contributed by atoms with E-state index in [0.717, 1.165) is 45.1 Å². The van der Waals surface area contributed by atoms with Crippen LogP contribution in [0.2, 0.25) is 0 Å². The lowest BCUT2D eigenvalue weighted by atomic mass is 9.86. The van der Waals surface area contributed by atoms with Crippen LogP contribution >= 0.6 is 0 Å². The zero-order valence-electron chi connectivity index (χ0n) is 9.54. The molecule has 0 amide bonds. The van der Waals surface area contributed by atoms with Crippen LogP contribution < -0.4 is 0 Å². The van der Waals surface area contributed by atoms with Crippen molar-refractivity contribution in [1.29, 1.82) is 5.26 Å². The van der Waals surface area contributed by atoms with E-state index >= 15 is 0 Å². The van der Waals surface area contributed by atoms with E-state index in [4.69, 9.17) is 4.74 Å². The highest BCUT2D eigenvalue weighted by Gasteiger charge is 2.40.